The molecule has 0 aromatic carbocycles. The SMILES string of the molecule is ClC1=CC(Cl)C=C(Cl)C1Cl. The van der Waals surface area contributed by atoms with Crippen molar-refractivity contribution in [2.45, 2.75) is 10.8 Å². The molecule has 0 heterocycles. The normalized spacial score (nSPS) is 33.2. The first-order valence-electron chi connectivity index (χ1n) is 2.64. The van der Waals surface area contributed by atoms with Crippen molar-refractivity contribution in [1.82, 2.24) is 0 Å². The summed E-state index contributed by atoms with van der Waals surface area (Å²) in [6.45, 7) is 0. The molecule has 0 saturated heterocycles. The van der Waals surface area contributed by atoms with Crippen LogP contribution in [0.15, 0.2) is 22.2 Å². The predicted octanol–water partition coefficient (Wildman–Crippen LogP) is 3.46. The van der Waals surface area contributed by atoms with Gasteiger partial charge in [0.1, 0.15) is 5.38 Å². The summed E-state index contributed by atoms with van der Waals surface area (Å²) in [6, 6.07) is 0. The van der Waals surface area contributed by atoms with Crippen LogP contribution in [0.5, 0.6) is 0 Å². The molecule has 0 spiro atoms. The highest BCUT2D eigenvalue weighted by atomic mass is 35.5. The van der Waals surface area contributed by atoms with Gasteiger partial charge >= 0.3 is 0 Å². The van der Waals surface area contributed by atoms with Crippen molar-refractivity contribution in [3.63, 3.8) is 0 Å². The Morgan fingerprint density at radius 2 is 1.40 bits per heavy atom. The Kier molecular flexibility index (Phi) is 2.93. The maximum atomic E-state index is 5.72. The van der Waals surface area contributed by atoms with Gasteiger partial charge in [-0.2, -0.15) is 0 Å². The molecule has 0 aromatic heterocycles. The molecule has 10 heavy (non-hydrogen) atoms. The van der Waals surface area contributed by atoms with Gasteiger partial charge in [0.25, 0.3) is 0 Å². The van der Waals surface area contributed by atoms with Crippen LogP contribution < -0.4 is 0 Å². The average Bonchev–Trinajstić information content (AvgIpc) is 1.82. The second-order valence-corrected chi connectivity index (χ2v) is 3.72. The van der Waals surface area contributed by atoms with Crippen molar-refractivity contribution in [3.8, 4) is 0 Å². The summed E-state index contributed by atoms with van der Waals surface area (Å²) in [5.41, 5.74) is 0. The molecular formula is C6H4Cl4. The van der Waals surface area contributed by atoms with Crippen LogP contribution in [0.3, 0.4) is 0 Å². The Hall–Kier alpha value is 0.640. The van der Waals surface area contributed by atoms with Gasteiger partial charge in [0.2, 0.25) is 0 Å². The van der Waals surface area contributed by atoms with E-state index in [2.05, 4.69) is 0 Å². The van der Waals surface area contributed by atoms with Crippen LogP contribution in [0.4, 0.5) is 0 Å². The minimum Gasteiger partial charge on any atom is -0.114 e. The van der Waals surface area contributed by atoms with E-state index in [1.807, 2.05) is 0 Å². The number of halogens is 4. The fourth-order valence-corrected chi connectivity index (χ4v) is 1.76. The smallest absolute Gasteiger partial charge is 0.104 e. The first-order chi connectivity index (χ1) is 4.61. The number of hydrogen-bond donors (Lipinski definition) is 0. The zero-order valence-corrected chi connectivity index (χ0v) is 7.84. The second kappa shape index (κ2) is 3.36. The molecule has 56 valence electrons. The molecule has 1 rings (SSSR count). The maximum Gasteiger partial charge on any atom is 0.104 e. The van der Waals surface area contributed by atoms with E-state index >= 15 is 0 Å². The van der Waals surface area contributed by atoms with Crippen molar-refractivity contribution in [3.05, 3.63) is 22.2 Å². The van der Waals surface area contributed by atoms with E-state index in [9.17, 15) is 0 Å². The lowest BCUT2D eigenvalue weighted by Gasteiger charge is -2.13. The van der Waals surface area contributed by atoms with Gasteiger partial charge in [-0.05, 0) is 12.2 Å². The van der Waals surface area contributed by atoms with Crippen LogP contribution >= 0.6 is 46.4 Å². The Morgan fingerprint density at radius 1 is 1.00 bits per heavy atom. The van der Waals surface area contributed by atoms with Gasteiger partial charge in [-0.15, -0.1) is 23.2 Å². The van der Waals surface area contributed by atoms with Crippen LogP contribution in [0, 0.1) is 0 Å². The lowest BCUT2D eigenvalue weighted by molar-refractivity contribution is 1.19. The van der Waals surface area contributed by atoms with Crippen molar-refractivity contribution in [1.29, 1.82) is 0 Å². The van der Waals surface area contributed by atoms with Crippen molar-refractivity contribution >= 4 is 46.4 Å². The Balaban J connectivity index is 2.83. The predicted molar refractivity (Wildman–Crippen MR) is 47.2 cm³/mol. The minimum atomic E-state index is -0.404. The molecule has 0 aromatic rings. The Labute approximate surface area is 79.4 Å². The zero-order valence-electron chi connectivity index (χ0n) is 4.82. The minimum absolute atomic E-state index is 0.227. The van der Waals surface area contributed by atoms with Crippen LogP contribution in [0.2, 0.25) is 0 Å². The molecule has 1 aliphatic rings. The molecule has 0 nitrogen and oxygen atoms in total. The van der Waals surface area contributed by atoms with E-state index in [1.165, 1.54) is 0 Å². The van der Waals surface area contributed by atoms with Crippen molar-refractivity contribution in [2.75, 3.05) is 0 Å². The molecule has 0 N–H and O–H groups in total. The van der Waals surface area contributed by atoms with Crippen molar-refractivity contribution in [2.24, 2.45) is 0 Å². The van der Waals surface area contributed by atoms with Gasteiger partial charge < -0.3 is 0 Å². The highest BCUT2D eigenvalue weighted by molar-refractivity contribution is 6.45. The quantitative estimate of drug-likeness (QED) is 0.546. The molecule has 0 fully saturated rings. The molecule has 4 heteroatoms. The standard InChI is InChI=1S/C6H4Cl4/c7-3-1-4(8)6(10)5(9)2-3/h1-3,6H. The van der Waals surface area contributed by atoms with Crippen LogP contribution in [-0.2, 0) is 0 Å². The Morgan fingerprint density at radius 3 is 1.80 bits per heavy atom. The number of alkyl halides is 2. The first kappa shape index (κ1) is 8.73. The van der Waals surface area contributed by atoms with Crippen LogP contribution in [0.1, 0.15) is 0 Å². The summed E-state index contributed by atoms with van der Waals surface area (Å²) >= 11 is 22.8. The molecule has 0 saturated carbocycles. The fraction of sp³-hybridized carbons (Fsp3) is 0.333. The van der Waals surface area contributed by atoms with Gasteiger partial charge in [0.05, 0.1) is 5.38 Å². The summed E-state index contributed by atoms with van der Waals surface area (Å²) in [5.74, 6) is 0. The largest absolute Gasteiger partial charge is 0.114 e. The number of hydrogen-bond acceptors (Lipinski definition) is 0. The summed E-state index contributed by atoms with van der Waals surface area (Å²) in [7, 11) is 0. The van der Waals surface area contributed by atoms with Gasteiger partial charge in [-0.25, -0.2) is 0 Å². The summed E-state index contributed by atoms with van der Waals surface area (Å²) in [4.78, 5) is 0. The third-order valence-electron chi connectivity index (χ3n) is 1.12. The van der Waals surface area contributed by atoms with Gasteiger partial charge in [-0.1, -0.05) is 23.2 Å². The third kappa shape index (κ3) is 1.82. The molecule has 0 radical (unpaired) electrons. The monoisotopic (exact) mass is 216 g/mol. The maximum absolute atomic E-state index is 5.72. The molecule has 1 aliphatic carbocycles. The van der Waals surface area contributed by atoms with Gasteiger partial charge in [0, 0.05) is 10.1 Å². The summed E-state index contributed by atoms with van der Waals surface area (Å²) in [6.07, 6.45) is 3.32. The van der Waals surface area contributed by atoms with E-state index in [1.54, 1.807) is 12.2 Å². The Bertz CT molecular complexity index is 174. The van der Waals surface area contributed by atoms with E-state index in [-0.39, 0.29) is 5.38 Å². The van der Waals surface area contributed by atoms with Gasteiger partial charge in [0.15, 0.2) is 0 Å². The summed E-state index contributed by atoms with van der Waals surface area (Å²) in [5, 5.41) is 0.358. The van der Waals surface area contributed by atoms with Crippen LogP contribution in [-0.4, -0.2) is 10.8 Å². The zero-order chi connectivity index (χ0) is 7.72. The molecule has 0 bridgehead atoms. The van der Waals surface area contributed by atoms with E-state index in [4.69, 9.17) is 46.4 Å². The van der Waals surface area contributed by atoms with E-state index in [0.29, 0.717) is 10.1 Å². The molecule has 0 aliphatic heterocycles. The summed E-state index contributed by atoms with van der Waals surface area (Å²) < 4.78 is 0. The van der Waals surface area contributed by atoms with Crippen LogP contribution in [0.25, 0.3) is 0 Å². The first-order valence-corrected chi connectivity index (χ1v) is 4.26. The lowest BCUT2D eigenvalue weighted by atomic mass is 10.2. The molecule has 0 atom stereocenters. The third-order valence-corrected chi connectivity index (χ3v) is 2.76. The molecular weight excluding hydrogens is 214 g/mol. The topological polar surface area (TPSA) is 0 Å². The molecule has 0 amide bonds. The highest BCUT2D eigenvalue weighted by Gasteiger charge is 2.19. The molecule has 0 unspecified atom stereocenters. The second-order valence-electron chi connectivity index (χ2n) is 1.91. The lowest BCUT2D eigenvalue weighted by Crippen LogP contribution is -2.08. The van der Waals surface area contributed by atoms with Gasteiger partial charge in [-0.3, -0.25) is 0 Å². The average molecular weight is 218 g/mol. The van der Waals surface area contributed by atoms with E-state index in [0.717, 1.165) is 0 Å². The highest BCUT2D eigenvalue weighted by Crippen LogP contribution is 2.31. The fourth-order valence-electron chi connectivity index (χ4n) is 0.653. The number of allylic oxidation sites excluding steroid dienone is 4. The number of rotatable bonds is 0. The van der Waals surface area contributed by atoms with Crippen molar-refractivity contribution < 1.29 is 0 Å². The van der Waals surface area contributed by atoms with E-state index < -0.39 is 5.38 Å².